The van der Waals surface area contributed by atoms with Crippen LogP contribution in [0.1, 0.15) is 48.0 Å². The molecule has 1 unspecified atom stereocenters. The fourth-order valence-electron chi connectivity index (χ4n) is 2.98. The summed E-state index contributed by atoms with van der Waals surface area (Å²) in [6.07, 6.45) is 6.39. The Balaban J connectivity index is 1.52. The molecule has 102 valence electrons. The molecular formula is C16H21NO2. The molecule has 2 aliphatic rings. The van der Waals surface area contributed by atoms with E-state index in [-0.39, 0.29) is 5.78 Å². The summed E-state index contributed by atoms with van der Waals surface area (Å²) in [5.41, 5.74) is 3.34. The van der Waals surface area contributed by atoms with Crippen molar-refractivity contribution in [2.75, 3.05) is 18.5 Å². The molecule has 2 heterocycles. The molecule has 19 heavy (non-hydrogen) atoms. The van der Waals surface area contributed by atoms with Crippen LogP contribution in [0.3, 0.4) is 0 Å². The molecule has 1 N–H and O–H groups in total. The number of hydrogen-bond donors (Lipinski definition) is 1. The zero-order chi connectivity index (χ0) is 13.1. The first-order valence-corrected chi connectivity index (χ1v) is 7.34. The number of ketones is 1. The molecule has 0 spiro atoms. The lowest BCUT2D eigenvalue weighted by Gasteiger charge is -2.08. The van der Waals surface area contributed by atoms with Gasteiger partial charge in [0.05, 0.1) is 6.10 Å². The Morgan fingerprint density at radius 3 is 3.21 bits per heavy atom. The fraction of sp³-hybridized carbons (Fsp3) is 0.562. The largest absolute Gasteiger partial charge is 0.384 e. The number of Topliss-reactive ketones (excluding diaryl/α,β-unsaturated/α-hetero) is 1. The Kier molecular flexibility index (Phi) is 3.83. The van der Waals surface area contributed by atoms with E-state index in [2.05, 4.69) is 11.4 Å². The van der Waals surface area contributed by atoms with E-state index in [1.165, 1.54) is 24.1 Å². The number of hydrogen-bond acceptors (Lipinski definition) is 3. The lowest BCUT2D eigenvalue weighted by Crippen LogP contribution is -2.06. The molecule has 0 saturated carbocycles. The number of fused-ring (bicyclic) bond motifs is 1. The van der Waals surface area contributed by atoms with E-state index >= 15 is 0 Å². The van der Waals surface area contributed by atoms with Crippen molar-refractivity contribution in [1.29, 1.82) is 0 Å². The number of carbonyl (C=O) groups is 1. The highest BCUT2D eigenvalue weighted by Crippen LogP contribution is 2.24. The van der Waals surface area contributed by atoms with Crippen molar-refractivity contribution in [3.63, 3.8) is 0 Å². The molecule has 3 rings (SSSR count). The highest BCUT2D eigenvalue weighted by molar-refractivity contribution is 5.96. The van der Waals surface area contributed by atoms with Crippen molar-refractivity contribution in [2.24, 2.45) is 0 Å². The van der Waals surface area contributed by atoms with Gasteiger partial charge in [-0.3, -0.25) is 4.79 Å². The highest BCUT2D eigenvalue weighted by Gasteiger charge is 2.17. The predicted octanol–water partition coefficient (Wildman–Crippen LogP) is 3.19. The van der Waals surface area contributed by atoms with Gasteiger partial charge >= 0.3 is 0 Å². The Hall–Kier alpha value is -1.35. The van der Waals surface area contributed by atoms with Gasteiger partial charge in [0.25, 0.3) is 0 Å². The third-order valence-electron chi connectivity index (χ3n) is 4.09. The molecule has 0 amide bonds. The average molecular weight is 259 g/mol. The number of carbonyl (C=O) groups excluding carboxylic acids is 1. The van der Waals surface area contributed by atoms with Crippen LogP contribution < -0.4 is 5.32 Å². The Bertz CT molecular complexity index is 464. The van der Waals surface area contributed by atoms with Crippen LogP contribution in [0.15, 0.2) is 18.2 Å². The van der Waals surface area contributed by atoms with E-state index in [0.717, 1.165) is 38.0 Å². The van der Waals surface area contributed by atoms with Gasteiger partial charge < -0.3 is 10.1 Å². The summed E-state index contributed by atoms with van der Waals surface area (Å²) in [7, 11) is 0. The summed E-state index contributed by atoms with van der Waals surface area (Å²) in [4.78, 5) is 12.2. The maximum absolute atomic E-state index is 12.2. The summed E-state index contributed by atoms with van der Waals surface area (Å²) in [5, 5.41) is 3.32. The third-order valence-corrected chi connectivity index (χ3v) is 4.09. The smallest absolute Gasteiger partial charge is 0.162 e. The van der Waals surface area contributed by atoms with Crippen LogP contribution in [0.25, 0.3) is 0 Å². The van der Waals surface area contributed by atoms with Crippen molar-refractivity contribution in [1.82, 2.24) is 0 Å². The summed E-state index contributed by atoms with van der Waals surface area (Å²) in [6.45, 7) is 1.89. The van der Waals surface area contributed by atoms with Crippen molar-refractivity contribution in [2.45, 2.75) is 44.6 Å². The van der Waals surface area contributed by atoms with E-state index in [9.17, 15) is 4.79 Å². The number of benzene rings is 1. The molecule has 1 saturated heterocycles. The molecule has 0 bridgehead atoms. The minimum Gasteiger partial charge on any atom is -0.384 e. The van der Waals surface area contributed by atoms with Gasteiger partial charge in [-0.15, -0.1) is 0 Å². The third kappa shape index (κ3) is 2.98. The standard InChI is InChI=1S/C16H21NO2/c18-16(5-1-3-14-4-2-10-19-14)13-6-7-15-12(11-13)8-9-17-15/h6-7,11,14,17H,1-5,8-10H2. The molecule has 1 aromatic carbocycles. The van der Waals surface area contributed by atoms with Crippen molar-refractivity contribution >= 4 is 11.5 Å². The van der Waals surface area contributed by atoms with Gasteiger partial charge in [0.1, 0.15) is 0 Å². The summed E-state index contributed by atoms with van der Waals surface area (Å²) >= 11 is 0. The van der Waals surface area contributed by atoms with Gasteiger partial charge in [-0.2, -0.15) is 0 Å². The van der Waals surface area contributed by atoms with Crippen LogP contribution in [0, 0.1) is 0 Å². The zero-order valence-corrected chi connectivity index (χ0v) is 11.3. The predicted molar refractivity (Wildman–Crippen MR) is 75.8 cm³/mol. The molecule has 1 fully saturated rings. The molecule has 0 radical (unpaired) electrons. The van der Waals surface area contributed by atoms with E-state index < -0.39 is 0 Å². The van der Waals surface area contributed by atoms with Gasteiger partial charge in [-0.25, -0.2) is 0 Å². The first-order valence-electron chi connectivity index (χ1n) is 7.34. The summed E-state index contributed by atoms with van der Waals surface area (Å²) < 4.78 is 5.58. The van der Waals surface area contributed by atoms with E-state index in [1.807, 2.05) is 12.1 Å². The van der Waals surface area contributed by atoms with Gasteiger partial charge in [0.2, 0.25) is 0 Å². The second-order valence-electron chi connectivity index (χ2n) is 5.50. The Morgan fingerprint density at radius 1 is 1.42 bits per heavy atom. The van der Waals surface area contributed by atoms with Gasteiger partial charge in [0.15, 0.2) is 5.78 Å². The van der Waals surface area contributed by atoms with Crippen molar-refractivity contribution < 1.29 is 9.53 Å². The van der Waals surface area contributed by atoms with Crippen LogP contribution in [0.4, 0.5) is 5.69 Å². The zero-order valence-electron chi connectivity index (χ0n) is 11.3. The van der Waals surface area contributed by atoms with Crippen LogP contribution >= 0.6 is 0 Å². The maximum atomic E-state index is 12.2. The summed E-state index contributed by atoms with van der Waals surface area (Å²) in [5.74, 6) is 0.271. The molecule has 2 aliphatic heterocycles. The number of nitrogens with one attached hydrogen (secondary N) is 1. The van der Waals surface area contributed by atoms with Crippen LogP contribution in [-0.2, 0) is 11.2 Å². The van der Waals surface area contributed by atoms with Crippen LogP contribution in [0.5, 0.6) is 0 Å². The summed E-state index contributed by atoms with van der Waals surface area (Å²) in [6, 6.07) is 6.05. The van der Waals surface area contributed by atoms with Crippen molar-refractivity contribution in [3.8, 4) is 0 Å². The Labute approximate surface area is 114 Å². The lowest BCUT2D eigenvalue weighted by atomic mass is 10.0. The molecule has 3 nitrogen and oxygen atoms in total. The minimum atomic E-state index is 0.271. The molecule has 1 atom stereocenters. The maximum Gasteiger partial charge on any atom is 0.162 e. The van der Waals surface area contributed by atoms with E-state index in [1.54, 1.807) is 0 Å². The molecule has 0 aromatic heterocycles. The molecule has 0 aliphatic carbocycles. The normalized spacial score (nSPS) is 21.2. The molecule has 3 heteroatoms. The number of ether oxygens (including phenoxy) is 1. The minimum absolute atomic E-state index is 0.271. The van der Waals surface area contributed by atoms with Crippen LogP contribution in [-0.4, -0.2) is 25.0 Å². The Morgan fingerprint density at radius 2 is 2.37 bits per heavy atom. The fourth-order valence-corrected chi connectivity index (χ4v) is 2.98. The molecule has 1 aromatic rings. The quantitative estimate of drug-likeness (QED) is 0.825. The first-order chi connectivity index (χ1) is 9.33. The topological polar surface area (TPSA) is 38.3 Å². The van der Waals surface area contributed by atoms with Gasteiger partial charge in [0, 0.05) is 30.8 Å². The van der Waals surface area contributed by atoms with Gasteiger partial charge in [-0.05, 0) is 55.9 Å². The van der Waals surface area contributed by atoms with Crippen LogP contribution in [0.2, 0.25) is 0 Å². The average Bonchev–Trinajstić information content (AvgIpc) is 3.08. The lowest BCUT2D eigenvalue weighted by molar-refractivity contribution is 0.0922. The second kappa shape index (κ2) is 5.74. The highest BCUT2D eigenvalue weighted by atomic mass is 16.5. The second-order valence-corrected chi connectivity index (χ2v) is 5.50. The SMILES string of the molecule is O=C(CCCC1CCCO1)c1ccc2c(c1)CCN2. The van der Waals surface area contributed by atoms with Crippen molar-refractivity contribution in [3.05, 3.63) is 29.3 Å². The van der Waals surface area contributed by atoms with E-state index in [0.29, 0.717) is 12.5 Å². The monoisotopic (exact) mass is 259 g/mol. The van der Waals surface area contributed by atoms with Gasteiger partial charge in [-0.1, -0.05) is 0 Å². The number of anilines is 1. The number of rotatable bonds is 5. The molecular weight excluding hydrogens is 238 g/mol. The van der Waals surface area contributed by atoms with E-state index in [4.69, 9.17) is 4.74 Å². The first kappa shape index (κ1) is 12.7.